The minimum atomic E-state index is -0.271. The van der Waals surface area contributed by atoms with Crippen LogP contribution in [0.25, 0.3) is 0 Å². The van der Waals surface area contributed by atoms with Crippen molar-refractivity contribution in [2.24, 2.45) is 5.10 Å². The summed E-state index contributed by atoms with van der Waals surface area (Å²) in [5.74, 6) is -0.271. The van der Waals surface area contributed by atoms with E-state index in [1.165, 1.54) is 12.1 Å². The molecule has 0 amide bonds. The van der Waals surface area contributed by atoms with E-state index in [-0.39, 0.29) is 11.9 Å². The Morgan fingerprint density at radius 1 is 1.43 bits per heavy atom. The van der Waals surface area contributed by atoms with Gasteiger partial charge in [-0.3, -0.25) is 5.43 Å². The number of benzene rings is 1. The van der Waals surface area contributed by atoms with Crippen LogP contribution < -0.4 is 5.43 Å². The summed E-state index contributed by atoms with van der Waals surface area (Å²) in [6.07, 6.45) is 1.38. The minimum absolute atomic E-state index is 0.241. The van der Waals surface area contributed by atoms with E-state index in [2.05, 4.69) is 10.5 Å². The van der Waals surface area contributed by atoms with Crippen molar-refractivity contribution in [1.29, 1.82) is 0 Å². The van der Waals surface area contributed by atoms with Gasteiger partial charge in [-0.15, -0.1) is 0 Å². The molecule has 0 radical (unpaired) electrons. The highest BCUT2D eigenvalue weighted by Crippen LogP contribution is 2.11. The summed E-state index contributed by atoms with van der Waals surface area (Å²) in [4.78, 5) is 10.4. The predicted octanol–water partition coefficient (Wildman–Crippen LogP) is 1.09. The monoisotopic (exact) mass is 192 g/mol. The molecular formula is C10H9FN2O. The van der Waals surface area contributed by atoms with Crippen LogP contribution in [-0.4, -0.2) is 18.0 Å². The van der Waals surface area contributed by atoms with Crippen molar-refractivity contribution in [2.75, 3.05) is 0 Å². The highest BCUT2D eigenvalue weighted by atomic mass is 19.1. The smallest absolute Gasteiger partial charge is 0.144 e. The van der Waals surface area contributed by atoms with E-state index in [1.54, 1.807) is 12.1 Å². The van der Waals surface area contributed by atoms with Gasteiger partial charge in [-0.05, 0) is 17.7 Å². The average Bonchev–Trinajstić information content (AvgIpc) is 2.67. The average molecular weight is 192 g/mol. The van der Waals surface area contributed by atoms with Gasteiger partial charge >= 0.3 is 0 Å². The van der Waals surface area contributed by atoms with Crippen LogP contribution in [0.15, 0.2) is 29.4 Å². The third-order valence-electron chi connectivity index (χ3n) is 2.12. The molecule has 1 atom stereocenters. The fraction of sp³-hybridized carbons (Fsp3) is 0.200. The van der Waals surface area contributed by atoms with E-state index >= 15 is 0 Å². The molecular weight excluding hydrogens is 183 g/mol. The Balaban J connectivity index is 2.17. The van der Waals surface area contributed by atoms with Gasteiger partial charge in [0.15, 0.2) is 0 Å². The Morgan fingerprint density at radius 3 is 2.71 bits per heavy atom. The number of aldehydes is 1. The van der Waals surface area contributed by atoms with Gasteiger partial charge < -0.3 is 4.79 Å². The molecule has 0 aromatic heterocycles. The molecule has 2 rings (SSSR count). The van der Waals surface area contributed by atoms with E-state index in [4.69, 9.17) is 0 Å². The summed E-state index contributed by atoms with van der Waals surface area (Å²) < 4.78 is 12.6. The summed E-state index contributed by atoms with van der Waals surface area (Å²) in [6.45, 7) is 0. The number of hydrogen-bond acceptors (Lipinski definition) is 3. The molecule has 0 bridgehead atoms. The Bertz CT molecular complexity index is 372. The molecule has 0 aliphatic carbocycles. The van der Waals surface area contributed by atoms with E-state index in [9.17, 15) is 9.18 Å². The number of nitrogens with zero attached hydrogens (tertiary/aromatic N) is 1. The van der Waals surface area contributed by atoms with E-state index in [1.807, 2.05) is 0 Å². The van der Waals surface area contributed by atoms with Crippen molar-refractivity contribution in [2.45, 2.75) is 12.5 Å². The van der Waals surface area contributed by atoms with Crippen molar-refractivity contribution in [3.63, 3.8) is 0 Å². The van der Waals surface area contributed by atoms with Crippen LogP contribution >= 0.6 is 0 Å². The van der Waals surface area contributed by atoms with Gasteiger partial charge in [0.05, 0.1) is 5.71 Å². The van der Waals surface area contributed by atoms with E-state index in [0.717, 1.165) is 17.6 Å². The Hall–Kier alpha value is -1.71. The van der Waals surface area contributed by atoms with Crippen molar-refractivity contribution in [3.8, 4) is 0 Å². The molecule has 72 valence electrons. The molecule has 0 saturated heterocycles. The molecule has 1 aliphatic rings. The standard InChI is InChI=1S/C10H9FN2O/c11-8-3-1-7(2-4-8)10-5-9(6-14)12-13-10/h1-4,6,9,12H,5H2. The Kier molecular flexibility index (Phi) is 2.26. The minimum Gasteiger partial charge on any atom is -0.301 e. The maximum Gasteiger partial charge on any atom is 0.144 e. The second-order valence-electron chi connectivity index (χ2n) is 3.14. The fourth-order valence-corrected chi connectivity index (χ4v) is 1.36. The van der Waals surface area contributed by atoms with Crippen molar-refractivity contribution < 1.29 is 9.18 Å². The zero-order valence-corrected chi connectivity index (χ0v) is 7.40. The molecule has 4 heteroatoms. The first-order valence-corrected chi connectivity index (χ1v) is 4.33. The van der Waals surface area contributed by atoms with Gasteiger partial charge in [0.1, 0.15) is 18.1 Å². The number of carbonyl (C=O) groups excluding carboxylic acids is 1. The number of halogens is 1. The van der Waals surface area contributed by atoms with Crippen LogP contribution in [0, 0.1) is 5.82 Å². The topological polar surface area (TPSA) is 41.5 Å². The molecule has 1 aromatic carbocycles. The van der Waals surface area contributed by atoms with E-state index < -0.39 is 0 Å². The molecule has 14 heavy (non-hydrogen) atoms. The second-order valence-corrected chi connectivity index (χ2v) is 3.14. The summed E-state index contributed by atoms with van der Waals surface area (Å²) in [5.41, 5.74) is 4.34. The van der Waals surface area contributed by atoms with Crippen molar-refractivity contribution >= 4 is 12.0 Å². The molecule has 0 spiro atoms. The number of rotatable bonds is 2. The van der Waals surface area contributed by atoms with Crippen molar-refractivity contribution in [3.05, 3.63) is 35.6 Å². The lowest BCUT2D eigenvalue weighted by atomic mass is 10.1. The van der Waals surface area contributed by atoms with Crippen molar-refractivity contribution in [1.82, 2.24) is 5.43 Å². The number of carbonyl (C=O) groups is 1. The summed E-state index contributed by atoms with van der Waals surface area (Å²) in [6, 6.07) is 5.83. The van der Waals surface area contributed by atoms with Crippen LogP contribution in [0.5, 0.6) is 0 Å². The highest BCUT2D eigenvalue weighted by molar-refractivity contribution is 6.03. The molecule has 1 unspecified atom stereocenters. The van der Waals surface area contributed by atoms with Crippen LogP contribution in [-0.2, 0) is 4.79 Å². The molecule has 3 nitrogen and oxygen atoms in total. The van der Waals surface area contributed by atoms with Gasteiger partial charge in [-0.2, -0.15) is 5.10 Å². The molecule has 0 saturated carbocycles. The lowest BCUT2D eigenvalue weighted by Gasteiger charge is -1.99. The first kappa shape index (κ1) is 8.87. The van der Waals surface area contributed by atoms with Crippen LogP contribution in [0.4, 0.5) is 4.39 Å². The summed E-state index contributed by atoms with van der Waals surface area (Å²) >= 11 is 0. The van der Waals surface area contributed by atoms with Gasteiger partial charge in [-0.1, -0.05) is 12.1 Å². The quantitative estimate of drug-likeness (QED) is 0.712. The van der Waals surface area contributed by atoms with Crippen LogP contribution in [0.2, 0.25) is 0 Å². The predicted molar refractivity (Wildman–Crippen MR) is 50.5 cm³/mol. The highest BCUT2D eigenvalue weighted by Gasteiger charge is 2.18. The second kappa shape index (κ2) is 3.57. The van der Waals surface area contributed by atoms with Gasteiger partial charge in [0.2, 0.25) is 0 Å². The lowest BCUT2D eigenvalue weighted by molar-refractivity contribution is -0.109. The molecule has 1 aromatic rings. The molecule has 0 fully saturated rings. The fourth-order valence-electron chi connectivity index (χ4n) is 1.36. The zero-order valence-electron chi connectivity index (χ0n) is 7.40. The summed E-state index contributed by atoms with van der Waals surface area (Å²) in [7, 11) is 0. The lowest BCUT2D eigenvalue weighted by Crippen LogP contribution is -2.20. The van der Waals surface area contributed by atoms with Gasteiger partial charge in [-0.25, -0.2) is 4.39 Å². The van der Waals surface area contributed by atoms with Crippen LogP contribution in [0.1, 0.15) is 12.0 Å². The van der Waals surface area contributed by atoms with Gasteiger partial charge in [0, 0.05) is 6.42 Å². The Labute approximate surface area is 80.6 Å². The molecule has 1 heterocycles. The Morgan fingerprint density at radius 2 is 2.14 bits per heavy atom. The first-order valence-electron chi connectivity index (χ1n) is 4.33. The maximum atomic E-state index is 12.6. The summed E-state index contributed by atoms with van der Waals surface area (Å²) in [5, 5.41) is 4.00. The zero-order chi connectivity index (χ0) is 9.97. The first-order chi connectivity index (χ1) is 6.79. The molecule has 1 aliphatic heterocycles. The van der Waals surface area contributed by atoms with Gasteiger partial charge in [0.25, 0.3) is 0 Å². The number of hydrazone groups is 1. The van der Waals surface area contributed by atoms with E-state index in [0.29, 0.717) is 6.42 Å². The largest absolute Gasteiger partial charge is 0.301 e. The third kappa shape index (κ3) is 1.64. The number of nitrogens with one attached hydrogen (secondary N) is 1. The third-order valence-corrected chi connectivity index (χ3v) is 2.12. The SMILES string of the molecule is O=CC1CC(c2ccc(F)cc2)=NN1. The molecule has 1 N–H and O–H groups in total. The maximum absolute atomic E-state index is 12.6. The normalized spacial score (nSPS) is 20.1. The number of hydrogen-bond donors (Lipinski definition) is 1. The van der Waals surface area contributed by atoms with Crippen LogP contribution in [0.3, 0.4) is 0 Å².